The Morgan fingerprint density at radius 1 is 0.829 bits per heavy atom. The van der Waals surface area contributed by atoms with Crippen molar-refractivity contribution in [3.63, 3.8) is 0 Å². The Labute approximate surface area is 206 Å². The summed E-state index contributed by atoms with van der Waals surface area (Å²) in [5.74, 6) is -6.74. The third kappa shape index (κ3) is 13.6. The highest BCUT2D eigenvalue weighted by Gasteiger charge is 2.31. The Hall–Kier alpha value is -3.60. The number of hydrogen-bond acceptors (Lipinski definition) is 9. The van der Waals surface area contributed by atoms with Crippen molar-refractivity contribution in [2.45, 2.75) is 56.3 Å². The summed E-state index contributed by atoms with van der Waals surface area (Å²) in [5.41, 5.74) is 21.0. The quantitative estimate of drug-likeness (QED) is 0.0377. The molecule has 17 heteroatoms. The van der Waals surface area contributed by atoms with Crippen LogP contribution >= 0.6 is 12.6 Å². The number of amides is 4. The molecule has 13 N–H and O–H groups in total. The van der Waals surface area contributed by atoms with Crippen molar-refractivity contribution in [2.24, 2.45) is 27.9 Å². The maximum Gasteiger partial charge on any atom is 0.326 e. The number of nitrogens with zero attached hydrogens (tertiary/aromatic N) is 1. The molecule has 0 aliphatic heterocycles. The smallest absolute Gasteiger partial charge is 0.326 e. The number of guanidine groups is 1. The molecule has 0 saturated heterocycles. The molecule has 198 valence electrons. The second-order valence-electron chi connectivity index (χ2n) is 7.36. The molecule has 0 spiro atoms. The lowest BCUT2D eigenvalue weighted by atomic mass is 10.1. The van der Waals surface area contributed by atoms with Gasteiger partial charge < -0.3 is 49.1 Å². The van der Waals surface area contributed by atoms with Crippen LogP contribution in [0.15, 0.2) is 4.99 Å². The predicted molar refractivity (Wildman–Crippen MR) is 126 cm³/mol. The highest BCUT2D eigenvalue weighted by Crippen LogP contribution is 2.05. The number of carboxylic acid groups (broad SMARTS) is 2. The average molecular weight is 521 g/mol. The van der Waals surface area contributed by atoms with E-state index in [1.54, 1.807) is 0 Å². The van der Waals surface area contributed by atoms with Gasteiger partial charge in [-0.05, 0) is 19.3 Å². The van der Waals surface area contributed by atoms with Gasteiger partial charge in [0.2, 0.25) is 23.6 Å². The van der Waals surface area contributed by atoms with Crippen LogP contribution in [-0.2, 0) is 28.8 Å². The minimum atomic E-state index is -1.59. The van der Waals surface area contributed by atoms with E-state index in [4.69, 9.17) is 28.0 Å². The zero-order valence-corrected chi connectivity index (χ0v) is 19.7. The van der Waals surface area contributed by atoms with Crippen molar-refractivity contribution >= 4 is 54.2 Å². The summed E-state index contributed by atoms with van der Waals surface area (Å²) in [4.78, 5) is 74.9. The number of primary amides is 1. The van der Waals surface area contributed by atoms with Crippen molar-refractivity contribution < 1.29 is 39.0 Å². The Morgan fingerprint density at radius 2 is 1.37 bits per heavy atom. The van der Waals surface area contributed by atoms with Gasteiger partial charge in [-0.3, -0.25) is 29.0 Å². The molecule has 0 bridgehead atoms. The van der Waals surface area contributed by atoms with Crippen LogP contribution in [0.2, 0.25) is 0 Å². The molecule has 0 aromatic heterocycles. The Bertz CT molecular complexity index is 820. The van der Waals surface area contributed by atoms with Crippen molar-refractivity contribution in [2.75, 3.05) is 12.3 Å². The summed E-state index contributed by atoms with van der Waals surface area (Å²) >= 11 is 3.86. The molecule has 4 amide bonds. The summed E-state index contributed by atoms with van der Waals surface area (Å²) in [6.45, 7) is 0.0676. The van der Waals surface area contributed by atoms with E-state index in [0.29, 0.717) is 0 Å². The predicted octanol–water partition coefficient (Wildman–Crippen LogP) is -4.42. The number of hydrogen-bond donors (Lipinski definition) is 10. The van der Waals surface area contributed by atoms with E-state index in [2.05, 4.69) is 33.6 Å². The van der Waals surface area contributed by atoms with Gasteiger partial charge in [0, 0.05) is 18.7 Å². The van der Waals surface area contributed by atoms with Crippen LogP contribution in [0.3, 0.4) is 0 Å². The number of thiol groups is 1. The summed E-state index contributed by atoms with van der Waals surface area (Å²) in [7, 11) is 0. The molecule has 0 saturated carbocycles. The minimum absolute atomic E-state index is 0.0676. The van der Waals surface area contributed by atoms with Gasteiger partial charge in [0.1, 0.15) is 18.1 Å². The van der Waals surface area contributed by atoms with Crippen LogP contribution in [0.5, 0.6) is 0 Å². The number of nitrogens with one attached hydrogen (secondary N) is 3. The number of aliphatic imine (C=N–C) groups is 1. The van der Waals surface area contributed by atoms with Gasteiger partial charge in [-0.1, -0.05) is 0 Å². The van der Waals surface area contributed by atoms with E-state index in [1.165, 1.54) is 0 Å². The van der Waals surface area contributed by atoms with Crippen molar-refractivity contribution in [3.8, 4) is 0 Å². The number of nitrogens with two attached hydrogens (primary N) is 4. The molecule has 0 aliphatic carbocycles. The molecule has 0 heterocycles. The van der Waals surface area contributed by atoms with Crippen molar-refractivity contribution in [3.05, 3.63) is 0 Å². The molecular weight excluding hydrogens is 488 g/mol. The number of rotatable bonds is 17. The Balaban J connectivity index is 5.63. The largest absolute Gasteiger partial charge is 0.481 e. The molecule has 16 nitrogen and oxygen atoms in total. The number of carbonyl (C=O) groups excluding carboxylic acids is 4. The fourth-order valence-electron chi connectivity index (χ4n) is 2.61. The zero-order chi connectivity index (χ0) is 27.1. The van der Waals surface area contributed by atoms with E-state index in [9.17, 15) is 33.9 Å². The lowest BCUT2D eigenvalue weighted by Crippen LogP contribution is -2.57. The van der Waals surface area contributed by atoms with Crippen molar-refractivity contribution in [1.29, 1.82) is 0 Å². The third-order valence-electron chi connectivity index (χ3n) is 4.42. The summed E-state index contributed by atoms with van der Waals surface area (Å²) in [6, 6.07) is -5.57. The van der Waals surface area contributed by atoms with Gasteiger partial charge in [0.15, 0.2) is 5.96 Å². The first-order chi connectivity index (χ1) is 16.3. The van der Waals surface area contributed by atoms with Crippen LogP contribution < -0.4 is 38.9 Å². The van der Waals surface area contributed by atoms with Crippen LogP contribution in [0.4, 0.5) is 0 Å². The van der Waals surface area contributed by atoms with E-state index < -0.39 is 66.2 Å². The second-order valence-corrected chi connectivity index (χ2v) is 7.73. The average Bonchev–Trinajstić information content (AvgIpc) is 2.76. The number of carbonyl (C=O) groups is 6. The van der Waals surface area contributed by atoms with Crippen LogP contribution in [-0.4, -0.2) is 88.2 Å². The first-order valence-corrected chi connectivity index (χ1v) is 11.0. The summed E-state index contributed by atoms with van der Waals surface area (Å²) < 4.78 is 0. The van der Waals surface area contributed by atoms with Gasteiger partial charge in [0.25, 0.3) is 0 Å². The number of carboxylic acids is 2. The molecule has 0 fully saturated rings. The lowest BCUT2D eigenvalue weighted by molar-refractivity contribution is -0.143. The van der Waals surface area contributed by atoms with Gasteiger partial charge in [-0.25, -0.2) is 4.79 Å². The normalized spacial score (nSPS) is 13.9. The van der Waals surface area contributed by atoms with E-state index in [0.717, 1.165) is 0 Å². The topological polar surface area (TPSA) is 295 Å². The molecule has 0 aromatic rings. The minimum Gasteiger partial charge on any atom is -0.481 e. The number of aliphatic carboxylic acids is 2. The van der Waals surface area contributed by atoms with Gasteiger partial charge in [-0.15, -0.1) is 0 Å². The zero-order valence-electron chi connectivity index (χ0n) is 18.8. The fraction of sp³-hybridized carbons (Fsp3) is 0.611. The van der Waals surface area contributed by atoms with Gasteiger partial charge in [-0.2, -0.15) is 12.6 Å². The summed E-state index contributed by atoms with van der Waals surface area (Å²) in [6.07, 6.45) is -1.37. The van der Waals surface area contributed by atoms with Crippen LogP contribution in [0.25, 0.3) is 0 Å². The monoisotopic (exact) mass is 520 g/mol. The maximum atomic E-state index is 12.8. The van der Waals surface area contributed by atoms with Gasteiger partial charge >= 0.3 is 11.9 Å². The third-order valence-corrected chi connectivity index (χ3v) is 4.81. The van der Waals surface area contributed by atoms with Crippen LogP contribution in [0, 0.1) is 0 Å². The van der Waals surface area contributed by atoms with Crippen LogP contribution in [0.1, 0.15) is 32.1 Å². The standard InChI is InChI=1S/C18H32N8O8S/c19-8(7-35)14(30)26-11(6-13(28)29)16(32)24-9(2-1-5-23-18(21)22)15(31)25-10(17(33)34)3-4-12(20)27/h8-11,35H,1-7,19H2,(H2,20,27)(H,24,32)(H,25,31)(H,26,30)(H,28,29)(H,33,34)(H4,21,22,23). The molecule has 35 heavy (non-hydrogen) atoms. The second kappa shape index (κ2) is 16.1. The molecule has 0 aliphatic rings. The first kappa shape index (κ1) is 31.4. The van der Waals surface area contributed by atoms with E-state index >= 15 is 0 Å². The molecule has 0 aromatic carbocycles. The molecule has 0 radical (unpaired) electrons. The highest BCUT2D eigenvalue weighted by molar-refractivity contribution is 7.80. The Kier molecular flexibility index (Phi) is 14.4. The molecule has 4 unspecified atom stereocenters. The molecule has 4 atom stereocenters. The molecular formula is C18H32N8O8S. The van der Waals surface area contributed by atoms with E-state index in [-0.39, 0.29) is 43.9 Å². The highest BCUT2D eigenvalue weighted by atomic mass is 32.1. The molecule has 0 rings (SSSR count). The van der Waals surface area contributed by atoms with Crippen molar-refractivity contribution in [1.82, 2.24) is 16.0 Å². The maximum absolute atomic E-state index is 12.8. The Morgan fingerprint density at radius 3 is 1.86 bits per heavy atom. The fourth-order valence-corrected chi connectivity index (χ4v) is 2.77. The van der Waals surface area contributed by atoms with Gasteiger partial charge in [0.05, 0.1) is 12.5 Å². The first-order valence-electron chi connectivity index (χ1n) is 10.3. The SMILES string of the molecule is NC(=O)CCC(NC(=O)C(CCCN=C(N)N)NC(=O)C(CC(=O)O)NC(=O)C(N)CS)C(=O)O. The summed E-state index contributed by atoms with van der Waals surface area (Å²) in [5, 5.41) is 25.1. The lowest BCUT2D eigenvalue weighted by Gasteiger charge is -2.24. The van der Waals surface area contributed by atoms with E-state index in [1.807, 2.05) is 0 Å².